The summed E-state index contributed by atoms with van der Waals surface area (Å²) in [4.78, 5) is 0. The molecule has 0 atom stereocenters. The molecular weight excluding hydrogens is 303 g/mol. The zero-order valence-electron chi connectivity index (χ0n) is 12.1. The lowest BCUT2D eigenvalue weighted by Gasteiger charge is -2.07. The highest BCUT2D eigenvalue weighted by molar-refractivity contribution is 6.05. The van der Waals surface area contributed by atoms with Crippen LogP contribution in [-0.4, -0.2) is 0 Å². The molecule has 1 heterocycles. The second-order valence-corrected chi connectivity index (χ2v) is 4.48. The molecule has 0 fully saturated rings. The number of aryl methyl sites for hydroxylation is 1. The zero-order chi connectivity index (χ0) is 16.7. The lowest BCUT2D eigenvalue weighted by atomic mass is 10.1. The second-order valence-electron chi connectivity index (χ2n) is 4.48. The van der Waals surface area contributed by atoms with Crippen LogP contribution in [0.15, 0.2) is 28.7 Å². The van der Waals surface area contributed by atoms with Crippen molar-refractivity contribution in [1.29, 1.82) is 0 Å². The summed E-state index contributed by atoms with van der Waals surface area (Å²) in [6.07, 6.45) is -4.83. The highest BCUT2D eigenvalue weighted by Gasteiger charge is 2.35. The van der Waals surface area contributed by atoms with Gasteiger partial charge >= 0.3 is 6.18 Å². The molecule has 3 aromatic rings. The minimum atomic E-state index is -4.83. The molecule has 0 N–H and O–H groups in total. The number of fused-ring (bicyclic) bond motifs is 3. The monoisotopic (exact) mass is 316 g/mol. The molecule has 0 aliphatic carbocycles. The van der Waals surface area contributed by atoms with Gasteiger partial charge in [-0.2, -0.15) is 13.2 Å². The van der Waals surface area contributed by atoms with Crippen LogP contribution in [0.1, 0.15) is 25.0 Å². The summed E-state index contributed by atoms with van der Waals surface area (Å²) in [5.74, 6) is -2.23. The van der Waals surface area contributed by atoms with Crippen molar-refractivity contribution in [3.63, 3.8) is 0 Å². The Morgan fingerprint density at radius 2 is 1.32 bits per heavy atom. The van der Waals surface area contributed by atoms with Crippen molar-refractivity contribution in [2.24, 2.45) is 0 Å². The van der Waals surface area contributed by atoms with Crippen LogP contribution < -0.4 is 0 Å². The average Bonchev–Trinajstić information content (AvgIpc) is 2.84. The number of halogens is 5. The summed E-state index contributed by atoms with van der Waals surface area (Å²) in [7, 11) is 0. The fraction of sp³-hybridized carbons (Fsp3) is 0.250. The number of benzene rings is 2. The van der Waals surface area contributed by atoms with E-state index in [1.54, 1.807) is 0 Å². The molecule has 0 unspecified atom stereocenters. The number of furan rings is 1. The van der Waals surface area contributed by atoms with Gasteiger partial charge in [0.1, 0.15) is 0 Å². The fourth-order valence-electron chi connectivity index (χ4n) is 2.16. The van der Waals surface area contributed by atoms with Gasteiger partial charge in [0.05, 0.1) is 5.56 Å². The van der Waals surface area contributed by atoms with Gasteiger partial charge in [-0.25, -0.2) is 8.78 Å². The van der Waals surface area contributed by atoms with E-state index in [1.165, 1.54) is 19.1 Å². The molecule has 3 rings (SSSR count). The minimum absolute atomic E-state index is 0.115. The molecule has 1 aromatic heterocycles. The van der Waals surface area contributed by atoms with Gasteiger partial charge in [-0.15, -0.1) is 0 Å². The molecule has 0 spiro atoms. The van der Waals surface area contributed by atoms with Crippen molar-refractivity contribution in [3.8, 4) is 0 Å². The Morgan fingerprint density at radius 1 is 0.818 bits per heavy atom. The van der Waals surface area contributed by atoms with Crippen molar-refractivity contribution in [2.45, 2.75) is 26.9 Å². The van der Waals surface area contributed by atoms with Crippen LogP contribution in [0.2, 0.25) is 0 Å². The summed E-state index contributed by atoms with van der Waals surface area (Å²) in [5, 5.41) is 0.361. The highest BCUT2D eigenvalue weighted by Crippen LogP contribution is 2.38. The van der Waals surface area contributed by atoms with E-state index >= 15 is 0 Å². The van der Waals surface area contributed by atoms with Gasteiger partial charge in [0.15, 0.2) is 22.8 Å². The molecule has 0 saturated carbocycles. The molecule has 0 bridgehead atoms. The maximum absolute atomic E-state index is 13.9. The summed E-state index contributed by atoms with van der Waals surface area (Å²) in [5.41, 5.74) is -1.98. The molecule has 0 aliphatic heterocycles. The Kier molecular flexibility index (Phi) is 4.13. The van der Waals surface area contributed by atoms with E-state index in [2.05, 4.69) is 0 Å². The van der Waals surface area contributed by atoms with E-state index in [4.69, 9.17) is 4.42 Å². The predicted molar refractivity (Wildman–Crippen MR) is 74.7 cm³/mol. The summed E-state index contributed by atoms with van der Waals surface area (Å²) < 4.78 is 70.6. The van der Waals surface area contributed by atoms with E-state index in [0.717, 1.165) is 6.07 Å². The van der Waals surface area contributed by atoms with Gasteiger partial charge in [0.2, 0.25) is 0 Å². The smallest absolute Gasteiger partial charge is 0.419 e. The van der Waals surface area contributed by atoms with Gasteiger partial charge in [-0.1, -0.05) is 26.0 Å². The van der Waals surface area contributed by atoms with Gasteiger partial charge in [0, 0.05) is 10.8 Å². The molecule has 0 aliphatic rings. The average molecular weight is 316 g/mol. The van der Waals surface area contributed by atoms with E-state index in [1.807, 2.05) is 13.8 Å². The SMILES string of the molecule is CC.Cc1ccc2c(oc3c(F)c(C(F)(F)F)ccc32)c1F. The van der Waals surface area contributed by atoms with Crippen molar-refractivity contribution >= 4 is 21.9 Å². The van der Waals surface area contributed by atoms with Gasteiger partial charge in [0.25, 0.3) is 0 Å². The minimum Gasteiger partial charge on any atom is -0.450 e. The van der Waals surface area contributed by atoms with Gasteiger partial charge in [-0.3, -0.25) is 0 Å². The summed E-state index contributed by atoms with van der Waals surface area (Å²) in [6, 6.07) is 4.67. The van der Waals surface area contributed by atoms with Crippen LogP contribution in [0.4, 0.5) is 22.0 Å². The van der Waals surface area contributed by atoms with Gasteiger partial charge < -0.3 is 4.42 Å². The van der Waals surface area contributed by atoms with Crippen molar-refractivity contribution in [2.75, 3.05) is 0 Å². The van der Waals surface area contributed by atoms with Crippen molar-refractivity contribution in [3.05, 3.63) is 47.0 Å². The maximum atomic E-state index is 13.9. The number of hydrogen-bond acceptors (Lipinski definition) is 1. The summed E-state index contributed by atoms with van der Waals surface area (Å²) >= 11 is 0. The third-order valence-corrected chi connectivity index (χ3v) is 3.19. The number of rotatable bonds is 0. The van der Waals surface area contributed by atoms with Crippen molar-refractivity contribution < 1.29 is 26.4 Å². The number of hydrogen-bond donors (Lipinski definition) is 0. The lowest BCUT2D eigenvalue weighted by molar-refractivity contribution is -0.139. The standard InChI is InChI=1S/C14H7F5O.C2H6/c1-6-2-3-7-8-4-5-9(14(17,18)19)11(16)13(8)20-12(7)10(6)15;1-2/h2-5H,1H3;1-2H3. The Hall–Kier alpha value is -2.11. The van der Waals surface area contributed by atoms with E-state index in [-0.39, 0.29) is 21.9 Å². The molecular formula is C16H13F5O. The third-order valence-electron chi connectivity index (χ3n) is 3.19. The van der Waals surface area contributed by atoms with E-state index in [0.29, 0.717) is 6.07 Å². The van der Waals surface area contributed by atoms with Crippen LogP contribution >= 0.6 is 0 Å². The first kappa shape index (κ1) is 16.3. The normalized spacial score (nSPS) is 11.6. The first-order valence-corrected chi connectivity index (χ1v) is 6.67. The van der Waals surface area contributed by atoms with Crippen LogP contribution in [0, 0.1) is 18.6 Å². The van der Waals surface area contributed by atoms with Crippen molar-refractivity contribution in [1.82, 2.24) is 0 Å². The van der Waals surface area contributed by atoms with Gasteiger partial charge in [-0.05, 0) is 24.6 Å². The molecule has 0 radical (unpaired) electrons. The first-order valence-electron chi connectivity index (χ1n) is 6.67. The Balaban J connectivity index is 0.000000847. The quantitative estimate of drug-likeness (QED) is 0.449. The van der Waals surface area contributed by atoms with E-state index in [9.17, 15) is 22.0 Å². The third kappa shape index (κ3) is 2.42. The zero-order valence-corrected chi connectivity index (χ0v) is 12.1. The van der Waals surface area contributed by atoms with Crippen LogP contribution in [0.25, 0.3) is 21.9 Å². The molecule has 0 amide bonds. The van der Waals surface area contributed by atoms with Crippen LogP contribution in [-0.2, 0) is 6.18 Å². The van der Waals surface area contributed by atoms with Crippen LogP contribution in [0.5, 0.6) is 0 Å². The molecule has 22 heavy (non-hydrogen) atoms. The fourth-order valence-corrected chi connectivity index (χ4v) is 2.16. The second kappa shape index (κ2) is 5.59. The Labute approximate surface area is 123 Å². The topological polar surface area (TPSA) is 13.1 Å². The predicted octanol–water partition coefficient (Wildman–Crippen LogP) is 6.22. The molecule has 1 nitrogen and oxygen atoms in total. The Bertz CT molecular complexity index is 830. The lowest BCUT2D eigenvalue weighted by Crippen LogP contribution is -2.07. The largest absolute Gasteiger partial charge is 0.450 e. The first-order chi connectivity index (χ1) is 10.3. The van der Waals surface area contributed by atoms with Crippen LogP contribution in [0.3, 0.4) is 0 Å². The molecule has 118 valence electrons. The molecule has 6 heteroatoms. The highest BCUT2D eigenvalue weighted by atomic mass is 19.4. The maximum Gasteiger partial charge on any atom is 0.419 e. The summed E-state index contributed by atoms with van der Waals surface area (Å²) in [6.45, 7) is 5.49. The Morgan fingerprint density at radius 3 is 1.86 bits per heavy atom. The number of alkyl halides is 3. The van der Waals surface area contributed by atoms with E-state index < -0.39 is 29.0 Å². The molecule has 0 saturated heterocycles. The molecule has 2 aromatic carbocycles.